The molecule has 3 rings (SSSR count). The normalized spacial score (nSPS) is 15.6. The van der Waals surface area contributed by atoms with E-state index in [0.29, 0.717) is 17.2 Å². The molecule has 130 valence electrons. The second kappa shape index (κ2) is 7.68. The highest BCUT2D eigenvalue weighted by Crippen LogP contribution is 2.21. The number of sulfonamides is 1. The smallest absolute Gasteiger partial charge is 0.250 e. The first kappa shape index (κ1) is 17.5. The summed E-state index contributed by atoms with van der Waals surface area (Å²) >= 11 is 1.30. The highest BCUT2D eigenvalue weighted by Gasteiger charge is 2.15. The first-order chi connectivity index (χ1) is 11.5. The van der Waals surface area contributed by atoms with Crippen molar-refractivity contribution in [3.8, 4) is 0 Å². The molecule has 24 heavy (non-hydrogen) atoms. The van der Waals surface area contributed by atoms with E-state index in [0.717, 1.165) is 23.5 Å². The number of anilines is 1. The lowest BCUT2D eigenvalue weighted by atomic mass is 10.1. The quantitative estimate of drug-likeness (QED) is 0.852. The SMILES string of the molecule is Cc1ccc(S(=O)(=O)NCCc2ccc(N3CCCCC3)cc2)s1. The molecule has 0 amide bonds. The minimum Gasteiger partial charge on any atom is -0.372 e. The van der Waals surface area contributed by atoms with Crippen molar-refractivity contribution in [2.45, 2.75) is 36.8 Å². The molecule has 1 aromatic carbocycles. The molecule has 4 nitrogen and oxygen atoms in total. The lowest BCUT2D eigenvalue weighted by Gasteiger charge is -2.28. The Morgan fingerprint density at radius 2 is 1.75 bits per heavy atom. The van der Waals surface area contributed by atoms with Gasteiger partial charge in [0.2, 0.25) is 10.0 Å². The van der Waals surface area contributed by atoms with Crippen molar-refractivity contribution in [3.63, 3.8) is 0 Å². The number of hydrogen-bond donors (Lipinski definition) is 1. The lowest BCUT2D eigenvalue weighted by molar-refractivity contribution is 0.578. The number of rotatable bonds is 6. The summed E-state index contributed by atoms with van der Waals surface area (Å²) in [5.41, 5.74) is 2.42. The monoisotopic (exact) mass is 364 g/mol. The van der Waals surface area contributed by atoms with Gasteiger partial charge in [-0.3, -0.25) is 0 Å². The Morgan fingerprint density at radius 3 is 2.38 bits per heavy atom. The second-order valence-electron chi connectivity index (χ2n) is 6.23. The van der Waals surface area contributed by atoms with Gasteiger partial charge in [0.15, 0.2) is 0 Å². The molecule has 0 unspecified atom stereocenters. The zero-order valence-electron chi connectivity index (χ0n) is 14.0. The Bertz CT molecular complexity index is 761. The number of thiophene rings is 1. The number of nitrogens with zero attached hydrogens (tertiary/aromatic N) is 1. The highest BCUT2D eigenvalue weighted by atomic mass is 32.2. The van der Waals surface area contributed by atoms with Crippen molar-refractivity contribution < 1.29 is 8.42 Å². The van der Waals surface area contributed by atoms with Gasteiger partial charge in [0.05, 0.1) is 0 Å². The first-order valence-electron chi connectivity index (χ1n) is 8.45. The van der Waals surface area contributed by atoms with E-state index in [-0.39, 0.29) is 0 Å². The molecule has 0 atom stereocenters. The number of benzene rings is 1. The van der Waals surface area contributed by atoms with Crippen LogP contribution in [0.2, 0.25) is 0 Å². The van der Waals surface area contributed by atoms with Gasteiger partial charge in [0.1, 0.15) is 4.21 Å². The fourth-order valence-electron chi connectivity index (χ4n) is 2.98. The van der Waals surface area contributed by atoms with Gasteiger partial charge >= 0.3 is 0 Å². The van der Waals surface area contributed by atoms with Crippen molar-refractivity contribution >= 4 is 27.0 Å². The van der Waals surface area contributed by atoms with Crippen LogP contribution in [0.1, 0.15) is 29.7 Å². The third-order valence-corrected chi connectivity index (χ3v) is 7.30. The standard InChI is InChI=1S/C18H24N2O2S2/c1-15-5-10-18(23-15)24(21,22)19-12-11-16-6-8-17(9-7-16)20-13-3-2-4-14-20/h5-10,19H,2-4,11-14H2,1H3. The molecule has 0 bridgehead atoms. The van der Waals surface area contributed by atoms with Crippen molar-refractivity contribution in [2.75, 3.05) is 24.5 Å². The molecule has 1 aliphatic rings. The van der Waals surface area contributed by atoms with Crippen LogP contribution in [0.25, 0.3) is 0 Å². The van der Waals surface area contributed by atoms with E-state index in [9.17, 15) is 8.42 Å². The van der Waals surface area contributed by atoms with Crippen LogP contribution in [0.3, 0.4) is 0 Å². The predicted octanol–water partition coefficient (Wildman–Crippen LogP) is 3.57. The van der Waals surface area contributed by atoms with Crippen LogP contribution in [0.5, 0.6) is 0 Å². The van der Waals surface area contributed by atoms with E-state index < -0.39 is 10.0 Å². The minimum absolute atomic E-state index is 0.389. The van der Waals surface area contributed by atoms with E-state index in [1.54, 1.807) is 6.07 Å². The maximum atomic E-state index is 12.2. The van der Waals surface area contributed by atoms with E-state index in [4.69, 9.17) is 0 Å². The average molecular weight is 365 g/mol. The summed E-state index contributed by atoms with van der Waals surface area (Å²) in [7, 11) is -3.37. The van der Waals surface area contributed by atoms with Gasteiger partial charge in [0, 0.05) is 30.2 Å². The Hall–Kier alpha value is -1.37. The third kappa shape index (κ3) is 4.37. The zero-order chi connectivity index (χ0) is 17.0. The molecule has 2 aromatic rings. The molecular formula is C18H24N2O2S2. The van der Waals surface area contributed by atoms with Crippen molar-refractivity contribution in [2.24, 2.45) is 0 Å². The van der Waals surface area contributed by atoms with E-state index in [1.165, 1.54) is 36.3 Å². The maximum Gasteiger partial charge on any atom is 0.250 e. The van der Waals surface area contributed by atoms with Gasteiger partial charge in [-0.05, 0) is 62.4 Å². The fraction of sp³-hybridized carbons (Fsp3) is 0.444. The minimum atomic E-state index is -3.37. The first-order valence-corrected chi connectivity index (χ1v) is 10.7. The summed E-state index contributed by atoms with van der Waals surface area (Å²) in [6.45, 7) is 4.61. The molecule has 1 aromatic heterocycles. The van der Waals surface area contributed by atoms with E-state index >= 15 is 0 Å². The Labute approximate surface area is 148 Å². The number of hydrogen-bond acceptors (Lipinski definition) is 4. The van der Waals surface area contributed by atoms with Crippen LogP contribution in [-0.2, 0) is 16.4 Å². The van der Waals surface area contributed by atoms with Crippen LogP contribution in [0.4, 0.5) is 5.69 Å². The number of piperidine rings is 1. The van der Waals surface area contributed by atoms with Crippen molar-refractivity contribution in [1.29, 1.82) is 0 Å². The largest absolute Gasteiger partial charge is 0.372 e. The van der Waals surface area contributed by atoms with E-state index in [1.807, 2.05) is 13.0 Å². The average Bonchev–Trinajstić information content (AvgIpc) is 3.04. The Balaban J connectivity index is 1.53. The summed E-state index contributed by atoms with van der Waals surface area (Å²) in [5.74, 6) is 0. The third-order valence-electron chi connectivity index (χ3n) is 4.34. The number of nitrogens with one attached hydrogen (secondary N) is 1. The number of aryl methyl sites for hydroxylation is 1. The molecule has 6 heteroatoms. The van der Waals surface area contributed by atoms with Gasteiger partial charge < -0.3 is 4.90 Å². The summed E-state index contributed by atoms with van der Waals surface area (Å²) in [4.78, 5) is 3.43. The molecule has 1 fully saturated rings. The molecule has 1 N–H and O–H groups in total. The van der Waals surface area contributed by atoms with Crippen LogP contribution in [-0.4, -0.2) is 28.1 Å². The lowest BCUT2D eigenvalue weighted by Crippen LogP contribution is -2.29. The molecule has 0 radical (unpaired) electrons. The van der Waals surface area contributed by atoms with Crippen molar-refractivity contribution in [1.82, 2.24) is 4.72 Å². The highest BCUT2D eigenvalue weighted by molar-refractivity contribution is 7.91. The van der Waals surface area contributed by atoms with Crippen LogP contribution in [0.15, 0.2) is 40.6 Å². The van der Waals surface area contributed by atoms with Crippen LogP contribution in [0, 0.1) is 6.92 Å². The molecular weight excluding hydrogens is 340 g/mol. The fourth-order valence-corrected chi connectivity index (χ4v) is 5.34. The van der Waals surface area contributed by atoms with Gasteiger partial charge in [-0.2, -0.15) is 0 Å². The molecule has 1 saturated heterocycles. The van der Waals surface area contributed by atoms with Crippen LogP contribution >= 0.6 is 11.3 Å². The second-order valence-corrected chi connectivity index (χ2v) is 9.51. The van der Waals surface area contributed by atoms with Gasteiger partial charge in [-0.25, -0.2) is 13.1 Å². The Morgan fingerprint density at radius 1 is 1.04 bits per heavy atom. The molecule has 0 aliphatic carbocycles. The van der Waals surface area contributed by atoms with Crippen molar-refractivity contribution in [3.05, 3.63) is 46.8 Å². The molecule has 1 aliphatic heterocycles. The summed E-state index contributed by atoms with van der Waals surface area (Å²) in [6, 6.07) is 12.0. The summed E-state index contributed by atoms with van der Waals surface area (Å²) in [5, 5.41) is 0. The summed E-state index contributed by atoms with van der Waals surface area (Å²) < 4.78 is 27.5. The topological polar surface area (TPSA) is 49.4 Å². The summed E-state index contributed by atoms with van der Waals surface area (Å²) in [6.07, 6.45) is 4.57. The van der Waals surface area contributed by atoms with Gasteiger partial charge in [-0.1, -0.05) is 12.1 Å². The van der Waals surface area contributed by atoms with Gasteiger partial charge in [-0.15, -0.1) is 11.3 Å². The Kier molecular flexibility index (Phi) is 5.58. The molecule has 0 spiro atoms. The molecule has 2 heterocycles. The van der Waals surface area contributed by atoms with Gasteiger partial charge in [0.25, 0.3) is 0 Å². The predicted molar refractivity (Wildman–Crippen MR) is 100 cm³/mol. The maximum absolute atomic E-state index is 12.2. The zero-order valence-corrected chi connectivity index (χ0v) is 15.6. The molecule has 0 saturated carbocycles. The van der Waals surface area contributed by atoms with E-state index in [2.05, 4.69) is 33.9 Å². The van der Waals surface area contributed by atoms with Crippen LogP contribution < -0.4 is 9.62 Å².